The predicted molar refractivity (Wildman–Crippen MR) is 74.3 cm³/mol. The van der Waals surface area contributed by atoms with Crippen molar-refractivity contribution in [2.24, 2.45) is 7.05 Å². The van der Waals surface area contributed by atoms with Crippen LogP contribution in [0.15, 0.2) is 28.0 Å². The van der Waals surface area contributed by atoms with Crippen molar-refractivity contribution in [1.82, 2.24) is 19.8 Å². The fourth-order valence-electron chi connectivity index (χ4n) is 1.60. The lowest BCUT2D eigenvalue weighted by Gasteiger charge is -2.02. The van der Waals surface area contributed by atoms with Crippen LogP contribution < -0.4 is 10.0 Å². The third kappa shape index (κ3) is 3.63. The number of sulfonamides is 1. The van der Waals surface area contributed by atoms with E-state index in [1.807, 2.05) is 12.4 Å². The maximum Gasteiger partial charge on any atom is 0.250 e. The molecule has 2 rings (SSSR count). The Morgan fingerprint density at radius 3 is 2.79 bits per heavy atom. The van der Waals surface area contributed by atoms with Gasteiger partial charge in [0.1, 0.15) is 4.21 Å². The van der Waals surface area contributed by atoms with Crippen molar-refractivity contribution >= 4 is 21.4 Å². The van der Waals surface area contributed by atoms with Crippen LogP contribution in [0.1, 0.15) is 11.1 Å². The molecule has 0 aliphatic heterocycles. The maximum atomic E-state index is 12.1. The first kappa shape index (κ1) is 14.2. The van der Waals surface area contributed by atoms with Crippen LogP contribution in [0.25, 0.3) is 0 Å². The van der Waals surface area contributed by atoms with Crippen molar-refractivity contribution in [3.63, 3.8) is 0 Å². The van der Waals surface area contributed by atoms with Gasteiger partial charge < -0.3 is 5.32 Å². The van der Waals surface area contributed by atoms with Gasteiger partial charge in [-0.3, -0.25) is 4.68 Å². The lowest BCUT2D eigenvalue weighted by Crippen LogP contribution is -2.22. The van der Waals surface area contributed by atoms with E-state index in [0.29, 0.717) is 10.8 Å². The summed E-state index contributed by atoms with van der Waals surface area (Å²) in [5, 5.41) is 8.83. The molecule has 0 saturated carbocycles. The summed E-state index contributed by atoms with van der Waals surface area (Å²) in [6, 6.07) is 1.69. The van der Waals surface area contributed by atoms with Gasteiger partial charge in [0.05, 0.1) is 6.20 Å². The van der Waals surface area contributed by atoms with Gasteiger partial charge in [0.25, 0.3) is 0 Å². The molecule has 19 heavy (non-hydrogen) atoms. The first-order chi connectivity index (χ1) is 9.01. The van der Waals surface area contributed by atoms with E-state index in [9.17, 15) is 8.42 Å². The summed E-state index contributed by atoms with van der Waals surface area (Å²) >= 11 is 1.23. The second kappa shape index (κ2) is 5.83. The van der Waals surface area contributed by atoms with Gasteiger partial charge in [-0.1, -0.05) is 0 Å². The average molecular weight is 300 g/mol. The molecule has 2 aromatic heterocycles. The van der Waals surface area contributed by atoms with Crippen LogP contribution in [0.5, 0.6) is 0 Å². The number of hydrogen-bond donors (Lipinski definition) is 2. The number of thiophene rings is 1. The summed E-state index contributed by atoms with van der Waals surface area (Å²) in [7, 11) is 0.176. The molecular formula is C11H16N4O2S2. The summed E-state index contributed by atoms with van der Waals surface area (Å²) in [6.07, 6.45) is 3.42. The Bertz CT molecular complexity index is 645. The Labute approximate surface area is 116 Å². The molecule has 2 N–H and O–H groups in total. The Balaban J connectivity index is 2.04. The third-order valence-corrected chi connectivity index (χ3v) is 5.39. The zero-order chi connectivity index (χ0) is 13.9. The summed E-state index contributed by atoms with van der Waals surface area (Å²) in [4.78, 5) is 0. The number of hydrogen-bond acceptors (Lipinski definition) is 5. The van der Waals surface area contributed by atoms with Crippen LogP contribution in [0.4, 0.5) is 0 Å². The molecule has 0 aromatic carbocycles. The SMILES string of the molecule is CNCc1csc(S(=O)(=O)NCc2cnn(C)c2)c1. The molecule has 0 radical (unpaired) electrons. The molecule has 0 aliphatic carbocycles. The van der Waals surface area contributed by atoms with Crippen molar-refractivity contribution in [3.05, 3.63) is 35.0 Å². The number of aromatic nitrogens is 2. The monoisotopic (exact) mass is 300 g/mol. The predicted octanol–water partition coefficient (Wildman–Crippen LogP) is 0.679. The van der Waals surface area contributed by atoms with Crippen LogP contribution >= 0.6 is 11.3 Å². The van der Waals surface area contributed by atoms with Gasteiger partial charge in [0.15, 0.2) is 0 Å². The largest absolute Gasteiger partial charge is 0.316 e. The Morgan fingerprint density at radius 1 is 1.37 bits per heavy atom. The molecule has 0 atom stereocenters. The first-order valence-corrected chi connectivity index (χ1v) is 8.07. The maximum absolute atomic E-state index is 12.1. The van der Waals surface area contributed by atoms with Gasteiger partial charge in [0, 0.05) is 31.9 Å². The van der Waals surface area contributed by atoms with Crippen molar-refractivity contribution in [3.8, 4) is 0 Å². The average Bonchev–Trinajstić information content (AvgIpc) is 2.97. The zero-order valence-corrected chi connectivity index (χ0v) is 12.4. The minimum atomic E-state index is -3.44. The summed E-state index contributed by atoms with van der Waals surface area (Å²) < 4.78 is 28.7. The van der Waals surface area contributed by atoms with Gasteiger partial charge in [-0.05, 0) is 24.1 Å². The highest BCUT2D eigenvalue weighted by Crippen LogP contribution is 2.20. The van der Waals surface area contributed by atoms with Gasteiger partial charge >= 0.3 is 0 Å². The van der Waals surface area contributed by atoms with Gasteiger partial charge in [-0.15, -0.1) is 11.3 Å². The fourth-order valence-corrected chi connectivity index (χ4v) is 3.88. The highest BCUT2D eigenvalue weighted by molar-refractivity contribution is 7.91. The van der Waals surface area contributed by atoms with E-state index in [1.54, 1.807) is 30.2 Å². The van der Waals surface area contributed by atoms with Crippen molar-refractivity contribution in [1.29, 1.82) is 0 Å². The molecule has 104 valence electrons. The molecule has 0 fully saturated rings. The molecule has 2 heterocycles. The second-order valence-electron chi connectivity index (χ2n) is 4.15. The number of rotatable bonds is 6. The van der Waals surface area contributed by atoms with E-state index in [0.717, 1.165) is 11.1 Å². The molecule has 0 saturated heterocycles. The highest BCUT2D eigenvalue weighted by Gasteiger charge is 2.16. The fraction of sp³-hybridized carbons (Fsp3) is 0.364. The molecule has 0 bridgehead atoms. The van der Waals surface area contributed by atoms with Crippen LogP contribution in [0.3, 0.4) is 0 Å². The smallest absolute Gasteiger partial charge is 0.250 e. The number of nitrogens with zero attached hydrogens (tertiary/aromatic N) is 2. The molecular weight excluding hydrogens is 284 g/mol. The lowest BCUT2D eigenvalue weighted by molar-refractivity contribution is 0.583. The van der Waals surface area contributed by atoms with E-state index >= 15 is 0 Å². The minimum absolute atomic E-state index is 0.245. The zero-order valence-electron chi connectivity index (χ0n) is 10.8. The van der Waals surface area contributed by atoms with Gasteiger partial charge in [-0.2, -0.15) is 5.10 Å². The van der Waals surface area contributed by atoms with Gasteiger partial charge in [-0.25, -0.2) is 13.1 Å². The molecule has 0 spiro atoms. The van der Waals surface area contributed by atoms with E-state index in [4.69, 9.17) is 0 Å². The highest BCUT2D eigenvalue weighted by atomic mass is 32.2. The van der Waals surface area contributed by atoms with Gasteiger partial charge in [0.2, 0.25) is 10.0 Å². The van der Waals surface area contributed by atoms with Crippen LogP contribution in [-0.2, 0) is 30.2 Å². The van der Waals surface area contributed by atoms with E-state index < -0.39 is 10.0 Å². The summed E-state index contributed by atoms with van der Waals surface area (Å²) in [5.41, 5.74) is 1.80. The normalized spacial score (nSPS) is 11.9. The molecule has 2 aromatic rings. The Kier molecular flexibility index (Phi) is 4.35. The van der Waals surface area contributed by atoms with Crippen molar-refractivity contribution < 1.29 is 8.42 Å². The minimum Gasteiger partial charge on any atom is -0.316 e. The van der Waals surface area contributed by atoms with Crippen LogP contribution in [0.2, 0.25) is 0 Å². The van der Waals surface area contributed by atoms with Crippen LogP contribution in [0, 0.1) is 0 Å². The van der Waals surface area contributed by atoms with Crippen LogP contribution in [-0.4, -0.2) is 25.2 Å². The molecule has 8 heteroatoms. The lowest BCUT2D eigenvalue weighted by atomic mass is 10.3. The van der Waals surface area contributed by atoms with Crippen molar-refractivity contribution in [2.45, 2.75) is 17.3 Å². The first-order valence-electron chi connectivity index (χ1n) is 5.70. The summed E-state index contributed by atoms with van der Waals surface area (Å²) in [5.74, 6) is 0. The standard InChI is InChI=1S/C11H16N4O2S2/c1-12-4-9-3-11(18-8-9)19(16,17)14-6-10-5-13-15(2)7-10/h3,5,7-8,12,14H,4,6H2,1-2H3. The quantitative estimate of drug-likeness (QED) is 0.822. The Morgan fingerprint density at radius 2 is 2.16 bits per heavy atom. The number of aryl methyl sites for hydroxylation is 1. The topological polar surface area (TPSA) is 76.0 Å². The number of nitrogens with one attached hydrogen (secondary N) is 2. The molecule has 6 nitrogen and oxygen atoms in total. The molecule has 0 amide bonds. The van der Waals surface area contributed by atoms with E-state index in [-0.39, 0.29) is 6.54 Å². The molecule has 0 aliphatic rings. The van der Waals surface area contributed by atoms with E-state index in [2.05, 4.69) is 15.1 Å². The summed E-state index contributed by atoms with van der Waals surface area (Å²) in [6.45, 7) is 0.907. The third-order valence-electron chi connectivity index (χ3n) is 2.50. The van der Waals surface area contributed by atoms with Crippen molar-refractivity contribution in [2.75, 3.05) is 7.05 Å². The second-order valence-corrected chi connectivity index (χ2v) is 7.06. The molecule has 0 unspecified atom stereocenters. The Hall–Kier alpha value is -1.22. The van der Waals surface area contributed by atoms with E-state index in [1.165, 1.54) is 11.3 Å².